The van der Waals surface area contributed by atoms with Crippen molar-refractivity contribution in [2.24, 2.45) is 22.7 Å². The van der Waals surface area contributed by atoms with Crippen LogP contribution in [0.3, 0.4) is 0 Å². The van der Waals surface area contributed by atoms with Crippen molar-refractivity contribution in [2.45, 2.75) is 70.1 Å². The summed E-state index contributed by atoms with van der Waals surface area (Å²) in [6.07, 6.45) is 7.00. The van der Waals surface area contributed by atoms with E-state index in [0.717, 1.165) is 5.57 Å². The predicted molar refractivity (Wildman–Crippen MR) is 110 cm³/mol. The largest absolute Gasteiger partial charge is 0.457 e. The van der Waals surface area contributed by atoms with Gasteiger partial charge in [0.05, 0.1) is 13.0 Å². The maximum Gasteiger partial charge on any atom is 0.308 e. The number of aliphatic hydroxyl groups excluding tert-OH is 1. The summed E-state index contributed by atoms with van der Waals surface area (Å²) in [5.41, 5.74) is -4.04. The molecule has 4 rings (SSSR count). The zero-order valence-electron chi connectivity index (χ0n) is 18.2. The lowest BCUT2D eigenvalue weighted by molar-refractivity contribution is -0.180. The Labute approximate surface area is 181 Å². The first-order valence-electron chi connectivity index (χ1n) is 11.2. The molecule has 7 heteroatoms. The highest BCUT2D eigenvalue weighted by Crippen LogP contribution is 2.69. The molecule has 6 atom stereocenters. The van der Waals surface area contributed by atoms with Crippen LogP contribution in [0.4, 0.5) is 4.39 Å². The molecule has 0 heterocycles. The summed E-state index contributed by atoms with van der Waals surface area (Å²) in [5, 5.41) is 20.3. The summed E-state index contributed by atoms with van der Waals surface area (Å²) in [6.45, 7) is 2.82. The van der Waals surface area contributed by atoms with Gasteiger partial charge in [0.1, 0.15) is 11.3 Å². The highest BCUT2D eigenvalue weighted by molar-refractivity contribution is 6.01. The second-order valence-electron chi connectivity index (χ2n) is 10.1. The van der Waals surface area contributed by atoms with Crippen molar-refractivity contribution in [1.82, 2.24) is 0 Å². The SMILES string of the molecule is C[C@]12C=CC(=O)C=C1CC[C@H]1[C@@H]3CC[C@](O)(C(=O)COC(=O)CCO)[C@@]3(C)CC[C@@]12F. The fourth-order valence-electron chi connectivity index (χ4n) is 6.99. The van der Waals surface area contributed by atoms with Gasteiger partial charge in [-0.1, -0.05) is 18.6 Å². The molecule has 4 aliphatic rings. The molecule has 0 aliphatic heterocycles. The van der Waals surface area contributed by atoms with E-state index in [4.69, 9.17) is 9.84 Å². The van der Waals surface area contributed by atoms with Crippen LogP contribution in [0.25, 0.3) is 0 Å². The summed E-state index contributed by atoms with van der Waals surface area (Å²) in [5.74, 6) is -1.86. The molecule has 0 bridgehead atoms. The molecule has 0 amide bonds. The van der Waals surface area contributed by atoms with Crippen LogP contribution < -0.4 is 0 Å². The standard InChI is InChI=1S/C24H31FO6/c1-21-8-5-16(27)13-15(21)3-4-18-17-6-9-24(30,19(28)14-31-20(29)7-12-26)22(17,2)10-11-23(18,21)25/h5,8,13,17-18,26,30H,3-4,6-7,9-12,14H2,1-2H3/t17-,18-,21-,22-,23+,24-/m0/s1. The topological polar surface area (TPSA) is 101 Å². The molecule has 0 aromatic rings. The molecule has 0 unspecified atom stereocenters. The van der Waals surface area contributed by atoms with Crippen molar-refractivity contribution in [3.63, 3.8) is 0 Å². The first kappa shape index (κ1) is 22.3. The van der Waals surface area contributed by atoms with Gasteiger partial charge >= 0.3 is 5.97 Å². The number of hydrogen-bond acceptors (Lipinski definition) is 6. The summed E-state index contributed by atoms with van der Waals surface area (Å²) < 4.78 is 21.7. The highest BCUT2D eigenvalue weighted by atomic mass is 19.1. The molecule has 0 aromatic carbocycles. The molecule has 3 saturated carbocycles. The number of aliphatic hydroxyl groups is 2. The van der Waals surface area contributed by atoms with Crippen molar-refractivity contribution in [3.8, 4) is 0 Å². The Bertz CT molecular complexity index is 879. The minimum absolute atomic E-state index is 0.105. The molecular weight excluding hydrogens is 403 g/mol. The maximum atomic E-state index is 16.8. The number of halogens is 1. The van der Waals surface area contributed by atoms with E-state index in [0.29, 0.717) is 25.7 Å². The van der Waals surface area contributed by atoms with E-state index in [9.17, 15) is 19.5 Å². The molecule has 6 nitrogen and oxygen atoms in total. The zero-order chi connectivity index (χ0) is 22.7. The minimum Gasteiger partial charge on any atom is -0.457 e. The molecule has 0 saturated heterocycles. The summed E-state index contributed by atoms with van der Waals surface area (Å²) in [6, 6.07) is 0. The number of ketones is 2. The number of rotatable bonds is 5. The summed E-state index contributed by atoms with van der Waals surface area (Å²) in [4.78, 5) is 36.4. The van der Waals surface area contributed by atoms with Crippen molar-refractivity contribution < 1.29 is 33.7 Å². The lowest BCUT2D eigenvalue weighted by Crippen LogP contribution is -2.63. The fourth-order valence-corrected chi connectivity index (χ4v) is 6.99. The third kappa shape index (κ3) is 2.99. The molecular formula is C24H31FO6. The quantitative estimate of drug-likeness (QED) is 0.645. The zero-order valence-corrected chi connectivity index (χ0v) is 18.2. The van der Waals surface area contributed by atoms with Gasteiger partial charge < -0.3 is 14.9 Å². The Morgan fingerprint density at radius 3 is 2.65 bits per heavy atom. The maximum absolute atomic E-state index is 16.8. The smallest absolute Gasteiger partial charge is 0.308 e. The van der Waals surface area contributed by atoms with Gasteiger partial charge in [-0.3, -0.25) is 14.4 Å². The van der Waals surface area contributed by atoms with Crippen molar-refractivity contribution in [1.29, 1.82) is 0 Å². The van der Waals surface area contributed by atoms with Gasteiger partial charge in [-0.05, 0) is 69.4 Å². The number of fused-ring (bicyclic) bond motifs is 5. The number of esters is 1. The van der Waals surface area contributed by atoms with Crippen LogP contribution in [-0.4, -0.2) is 52.2 Å². The average molecular weight is 435 g/mol. The number of ether oxygens (including phenoxy) is 1. The third-order valence-corrected chi connectivity index (χ3v) is 8.96. The summed E-state index contributed by atoms with van der Waals surface area (Å²) >= 11 is 0. The number of carbonyl (C=O) groups excluding carboxylic acids is 3. The third-order valence-electron chi connectivity index (χ3n) is 8.96. The van der Waals surface area contributed by atoms with Crippen LogP contribution in [-0.2, 0) is 19.1 Å². The van der Waals surface area contributed by atoms with Crippen molar-refractivity contribution in [3.05, 3.63) is 23.8 Å². The van der Waals surface area contributed by atoms with E-state index in [1.165, 1.54) is 6.08 Å². The van der Waals surface area contributed by atoms with Crippen molar-refractivity contribution >= 4 is 17.5 Å². The van der Waals surface area contributed by atoms with E-state index >= 15 is 4.39 Å². The second kappa shape index (κ2) is 7.34. The van der Waals surface area contributed by atoms with Gasteiger partial charge in [0.2, 0.25) is 5.78 Å². The van der Waals surface area contributed by atoms with E-state index in [1.54, 1.807) is 12.2 Å². The number of Topliss-reactive ketones (excluding diaryl/α,β-unsaturated/α-hetero) is 1. The van der Waals surface area contributed by atoms with Crippen LogP contribution in [0.15, 0.2) is 23.8 Å². The van der Waals surface area contributed by atoms with E-state index in [2.05, 4.69) is 0 Å². The molecule has 170 valence electrons. The van der Waals surface area contributed by atoms with Gasteiger partial charge in [0, 0.05) is 10.8 Å². The summed E-state index contributed by atoms with van der Waals surface area (Å²) in [7, 11) is 0. The van der Waals surface area contributed by atoms with Crippen LogP contribution >= 0.6 is 0 Å². The van der Waals surface area contributed by atoms with Crippen LogP contribution in [0.5, 0.6) is 0 Å². The van der Waals surface area contributed by atoms with Crippen LogP contribution in [0.1, 0.15) is 58.8 Å². The monoisotopic (exact) mass is 434 g/mol. The van der Waals surface area contributed by atoms with Gasteiger partial charge in [0.25, 0.3) is 0 Å². The Morgan fingerprint density at radius 1 is 1.19 bits per heavy atom. The Hall–Kier alpha value is -1.86. The Kier molecular flexibility index (Phi) is 5.29. The Morgan fingerprint density at radius 2 is 1.94 bits per heavy atom. The molecule has 2 N–H and O–H groups in total. The first-order chi connectivity index (χ1) is 14.5. The van der Waals surface area contributed by atoms with Gasteiger partial charge in [-0.15, -0.1) is 0 Å². The number of allylic oxidation sites excluding steroid dienone is 4. The van der Waals surface area contributed by atoms with E-state index in [-0.39, 0.29) is 43.5 Å². The molecule has 4 aliphatic carbocycles. The van der Waals surface area contributed by atoms with Gasteiger partial charge in [-0.25, -0.2) is 4.39 Å². The molecule has 0 aromatic heterocycles. The molecule has 0 spiro atoms. The minimum atomic E-state index is -1.67. The van der Waals surface area contributed by atoms with E-state index < -0.39 is 40.5 Å². The molecule has 0 radical (unpaired) electrons. The number of hydrogen-bond donors (Lipinski definition) is 2. The number of carbonyl (C=O) groups is 3. The molecule has 31 heavy (non-hydrogen) atoms. The van der Waals surface area contributed by atoms with Gasteiger partial charge in [0.15, 0.2) is 12.4 Å². The Balaban J connectivity index is 1.60. The predicted octanol–water partition coefficient (Wildman–Crippen LogP) is 2.61. The molecule has 3 fully saturated rings. The average Bonchev–Trinajstić information content (AvgIpc) is 3.00. The fraction of sp³-hybridized carbons (Fsp3) is 0.708. The first-order valence-corrected chi connectivity index (χ1v) is 11.2. The second-order valence-corrected chi connectivity index (χ2v) is 10.1. The van der Waals surface area contributed by atoms with E-state index in [1.807, 2.05) is 13.8 Å². The number of alkyl halides is 1. The van der Waals surface area contributed by atoms with Gasteiger partial charge in [-0.2, -0.15) is 0 Å². The van der Waals surface area contributed by atoms with Crippen LogP contribution in [0, 0.1) is 22.7 Å². The lowest BCUT2D eigenvalue weighted by Gasteiger charge is -2.60. The van der Waals surface area contributed by atoms with Crippen LogP contribution in [0.2, 0.25) is 0 Å². The lowest BCUT2D eigenvalue weighted by atomic mass is 9.45. The normalized spacial score (nSPS) is 43.5. The van der Waals surface area contributed by atoms with Crippen molar-refractivity contribution in [2.75, 3.05) is 13.2 Å². The highest BCUT2D eigenvalue weighted by Gasteiger charge is 2.71.